The first-order chi connectivity index (χ1) is 7.79. The van der Waals surface area contributed by atoms with Crippen molar-refractivity contribution in [2.45, 2.75) is 26.4 Å². The summed E-state index contributed by atoms with van der Waals surface area (Å²) in [5.41, 5.74) is 0. The third-order valence-corrected chi connectivity index (χ3v) is 3.66. The maximum Gasteiger partial charge on any atom is 0.235 e. The largest absolute Gasteiger partial charge is 0.378 e. The standard InChI is InChI=1S/C11H21NO4S/c1-8(2)11-9(4-5-16-11)6-12-10(13)7-17(3,14)15/h8-9,11H,4-7H2,1-3H3,(H,12,13)/t9-,11-/m1/s1. The molecule has 0 aromatic heterocycles. The van der Waals surface area contributed by atoms with Gasteiger partial charge in [0.25, 0.3) is 0 Å². The van der Waals surface area contributed by atoms with Crippen molar-refractivity contribution >= 4 is 15.7 Å². The van der Waals surface area contributed by atoms with Gasteiger partial charge in [0, 0.05) is 25.3 Å². The fourth-order valence-electron chi connectivity index (χ4n) is 2.14. The molecule has 0 aromatic carbocycles. The van der Waals surface area contributed by atoms with E-state index in [1.165, 1.54) is 0 Å². The van der Waals surface area contributed by atoms with Crippen LogP contribution in [-0.2, 0) is 19.4 Å². The van der Waals surface area contributed by atoms with Crippen LogP contribution >= 0.6 is 0 Å². The average molecular weight is 263 g/mol. The fourth-order valence-corrected chi connectivity index (χ4v) is 2.72. The van der Waals surface area contributed by atoms with E-state index in [4.69, 9.17) is 4.74 Å². The quantitative estimate of drug-likeness (QED) is 0.769. The minimum absolute atomic E-state index is 0.161. The lowest BCUT2D eigenvalue weighted by Crippen LogP contribution is -2.37. The summed E-state index contributed by atoms with van der Waals surface area (Å²) in [4.78, 5) is 11.4. The van der Waals surface area contributed by atoms with Crippen molar-refractivity contribution in [2.75, 3.05) is 25.2 Å². The zero-order chi connectivity index (χ0) is 13.1. The Morgan fingerprint density at radius 2 is 2.12 bits per heavy atom. The van der Waals surface area contributed by atoms with E-state index in [0.717, 1.165) is 19.3 Å². The Hall–Kier alpha value is -0.620. The molecule has 1 heterocycles. The zero-order valence-electron chi connectivity index (χ0n) is 10.6. The molecule has 1 aliphatic rings. The Balaban J connectivity index is 2.38. The molecule has 1 saturated heterocycles. The van der Waals surface area contributed by atoms with Crippen LogP contribution in [0, 0.1) is 11.8 Å². The summed E-state index contributed by atoms with van der Waals surface area (Å²) in [5.74, 6) is -0.165. The number of hydrogen-bond acceptors (Lipinski definition) is 4. The minimum Gasteiger partial charge on any atom is -0.378 e. The molecule has 0 bridgehead atoms. The third kappa shape index (κ3) is 5.04. The normalized spacial score (nSPS) is 25.2. The number of amides is 1. The molecule has 0 spiro atoms. The van der Waals surface area contributed by atoms with Crippen LogP contribution in [0.5, 0.6) is 0 Å². The first kappa shape index (κ1) is 14.4. The zero-order valence-corrected chi connectivity index (χ0v) is 11.4. The van der Waals surface area contributed by atoms with Crippen LogP contribution in [0.3, 0.4) is 0 Å². The van der Waals surface area contributed by atoms with Gasteiger partial charge in [0.1, 0.15) is 5.75 Å². The van der Waals surface area contributed by atoms with Gasteiger partial charge in [-0.25, -0.2) is 8.42 Å². The van der Waals surface area contributed by atoms with Crippen LogP contribution in [0.4, 0.5) is 0 Å². The number of hydrogen-bond donors (Lipinski definition) is 1. The van der Waals surface area contributed by atoms with Gasteiger partial charge in [-0.2, -0.15) is 0 Å². The van der Waals surface area contributed by atoms with Gasteiger partial charge >= 0.3 is 0 Å². The minimum atomic E-state index is -3.24. The molecule has 5 nitrogen and oxygen atoms in total. The van der Waals surface area contributed by atoms with Crippen LogP contribution in [0.15, 0.2) is 0 Å². The summed E-state index contributed by atoms with van der Waals surface area (Å²) >= 11 is 0. The van der Waals surface area contributed by atoms with Gasteiger partial charge < -0.3 is 10.1 Å². The van der Waals surface area contributed by atoms with Crippen LogP contribution in [0.1, 0.15) is 20.3 Å². The van der Waals surface area contributed by atoms with E-state index in [2.05, 4.69) is 19.2 Å². The highest BCUT2D eigenvalue weighted by atomic mass is 32.2. The van der Waals surface area contributed by atoms with E-state index >= 15 is 0 Å². The van der Waals surface area contributed by atoms with Crippen LogP contribution < -0.4 is 5.32 Å². The number of sulfone groups is 1. The molecule has 1 aliphatic heterocycles. The molecule has 1 amide bonds. The molecule has 0 aromatic rings. The molecule has 0 aliphatic carbocycles. The SMILES string of the molecule is CC(C)[C@H]1OCC[C@@H]1CNC(=O)CS(C)(=O)=O. The van der Waals surface area contributed by atoms with Crippen molar-refractivity contribution < 1.29 is 17.9 Å². The summed E-state index contributed by atoms with van der Waals surface area (Å²) in [6.45, 7) is 5.38. The number of nitrogens with one attached hydrogen (secondary N) is 1. The second-order valence-corrected chi connectivity index (χ2v) is 7.14. The first-order valence-electron chi connectivity index (χ1n) is 5.85. The van der Waals surface area contributed by atoms with Crippen molar-refractivity contribution in [3.8, 4) is 0 Å². The summed E-state index contributed by atoms with van der Waals surface area (Å²) in [7, 11) is -3.24. The molecule has 0 saturated carbocycles. The van der Waals surface area contributed by atoms with Crippen molar-refractivity contribution in [2.24, 2.45) is 11.8 Å². The molecular formula is C11H21NO4S. The Morgan fingerprint density at radius 1 is 1.47 bits per heavy atom. The molecule has 2 atom stereocenters. The molecule has 1 fully saturated rings. The van der Waals surface area contributed by atoms with E-state index in [9.17, 15) is 13.2 Å². The van der Waals surface area contributed by atoms with Crippen molar-refractivity contribution in [1.29, 1.82) is 0 Å². The van der Waals surface area contributed by atoms with Gasteiger partial charge in [-0.15, -0.1) is 0 Å². The average Bonchev–Trinajstić information content (AvgIpc) is 2.59. The van der Waals surface area contributed by atoms with E-state index in [1.54, 1.807) is 0 Å². The topological polar surface area (TPSA) is 72.5 Å². The lowest BCUT2D eigenvalue weighted by Gasteiger charge is -2.22. The summed E-state index contributed by atoms with van der Waals surface area (Å²) in [5, 5.41) is 2.67. The van der Waals surface area contributed by atoms with Gasteiger partial charge in [0.05, 0.1) is 6.10 Å². The van der Waals surface area contributed by atoms with Gasteiger partial charge in [0.2, 0.25) is 5.91 Å². The highest BCUT2D eigenvalue weighted by molar-refractivity contribution is 7.91. The summed E-state index contributed by atoms with van der Waals surface area (Å²) in [6.07, 6.45) is 2.14. The Bertz CT molecular complexity index is 364. The molecule has 1 rings (SSSR count). The molecule has 0 unspecified atom stereocenters. The van der Waals surface area contributed by atoms with Crippen molar-refractivity contribution in [1.82, 2.24) is 5.32 Å². The predicted octanol–water partition coefficient (Wildman–Crippen LogP) is 0.208. The lowest BCUT2D eigenvalue weighted by molar-refractivity contribution is -0.118. The molecule has 17 heavy (non-hydrogen) atoms. The number of rotatable bonds is 5. The van der Waals surface area contributed by atoms with Gasteiger partial charge in [-0.05, 0) is 12.3 Å². The number of carbonyl (C=O) groups is 1. The summed E-state index contributed by atoms with van der Waals surface area (Å²) < 4.78 is 27.4. The third-order valence-electron chi connectivity index (χ3n) is 2.88. The maximum absolute atomic E-state index is 11.4. The Kier molecular flexibility index (Phi) is 4.94. The number of carbonyl (C=O) groups excluding carboxylic acids is 1. The van der Waals surface area contributed by atoms with Gasteiger partial charge in [-0.3, -0.25) is 4.79 Å². The number of ether oxygens (including phenoxy) is 1. The molecule has 100 valence electrons. The maximum atomic E-state index is 11.4. The lowest BCUT2D eigenvalue weighted by atomic mass is 9.93. The Labute approximate surface area is 103 Å². The Morgan fingerprint density at radius 3 is 2.65 bits per heavy atom. The monoisotopic (exact) mass is 263 g/mol. The van der Waals surface area contributed by atoms with Crippen molar-refractivity contribution in [3.63, 3.8) is 0 Å². The summed E-state index contributed by atoms with van der Waals surface area (Å²) in [6, 6.07) is 0. The van der Waals surface area contributed by atoms with Crippen molar-refractivity contribution in [3.05, 3.63) is 0 Å². The smallest absolute Gasteiger partial charge is 0.235 e. The second-order valence-electron chi connectivity index (χ2n) is 5.00. The van der Waals surface area contributed by atoms with E-state index in [-0.39, 0.29) is 6.10 Å². The van der Waals surface area contributed by atoms with E-state index in [1.807, 2.05) is 0 Å². The highest BCUT2D eigenvalue weighted by Gasteiger charge is 2.30. The van der Waals surface area contributed by atoms with Crippen LogP contribution in [0.25, 0.3) is 0 Å². The first-order valence-corrected chi connectivity index (χ1v) is 7.91. The van der Waals surface area contributed by atoms with Gasteiger partial charge in [0.15, 0.2) is 9.84 Å². The molecule has 6 heteroatoms. The predicted molar refractivity (Wildman–Crippen MR) is 65.4 cm³/mol. The van der Waals surface area contributed by atoms with E-state index in [0.29, 0.717) is 18.4 Å². The molecule has 1 N–H and O–H groups in total. The van der Waals surface area contributed by atoms with Crippen LogP contribution in [-0.4, -0.2) is 45.6 Å². The highest BCUT2D eigenvalue weighted by Crippen LogP contribution is 2.25. The van der Waals surface area contributed by atoms with Crippen LogP contribution in [0.2, 0.25) is 0 Å². The fraction of sp³-hybridized carbons (Fsp3) is 0.909. The second kappa shape index (κ2) is 5.82. The van der Waals surface area contributed by atoms with E-state index < -0.39 is 21.5 Å². The molecule has 0 radical (unpaired) electrons. The van der Waals surface area contributed by atoms with Gasteiger partial charge in [-0.1, -0.05) is 13.8 Å². The molecular weight excluding hydrogens is 242 g/mol.